The number of aliphatic carboxylic acids is 1. The van der Waals surface area contributed by atoms with Crippen LogP contribution in [-0.2, 0) is 4.79 Å². The summed E-state index contributed by atoms with van der Waals surface area (Å²) in [5.74, 6) is -0.547. The monoisotopic (exact) mass is 300 g/mol. The van der Waals surface area contributed by atoms with Gasteiger partial charge in [0, 0.05) is 5.56 Å². The van der Waals surface area contributed by atoms with Crippen LogP contribution in [0.4, 0.5) is 4.39 Å². The number of carboxylic acids is 1. The van der Waals surface area contributed by atoms with Crippen molar-refractivity contribution < 1.29 is 23.8 Å². The second kappa shape index (κ2) is 5.89. The minimum atomic E-state index is -1.14. The molecular weight excluding hydrogens is 287 g/mol. The van der Waals surface area contributed by atoms with E-state index in [-0.39, 0.29) is 11.1 Å². The molecule has 4 nitrogen and oxygen atoms in total. The van der Waals surface area contributed by atoms with Gasteiger partial charge in [0.05, 0.1) is 5.57 Å². The van der Waals surface area contributed by atoms with E-state index >= 15 is 0 Å². The van der Waals surface area contributed by atoms with Crippen LogP contribution in [0, 0.1) is 5.82 Å². The average Bonchev–Trinajstić information content (AvgIpc) is 2.53. The predicted molar refractivity (Wildman–Crippen MR) is 79.3 cm³/mol. The first kappa shape index (κ1) is 14.1. The maximum atomic E-state index is 13.7. The van der Waals surface area contributed by atoms with Gasteiger partial charge in [-0.3, -0.25) is 0 Å². The minimum Gasteiger partial charge on any atom is -0.486 e. The van der Waals surface area contributed by atoms with Crippen molar-refractivity contribution in [3.8, 4) is 11.5 Å². The summed E-state index contributed by atoms with van der Waals surface area (Å²) >= 11 is 0. The molecule has 0 aliphatic carbocycles. The van der Waals surface area contributed by atoms with Crippen molar-refractivity contribution in [1.29, 1.82) is 0 Å². The molecule has 1 heterocycles. The van der Waals surface area contributed by atoms with Crippen molar-refractivity contribution in [2.24, 2.45) is 0 Å². The normalized spacial score (nSPS) is 13.8. The van der Waals surface area contributed by atoms with Gasteiger partial charge in [-0.15, -0.1) is 0 Å². The smallest absolute Gasteiger partial charge is 0.336 e. The third-order valence-electron chi connectivity index (χ3n) is 3.29. The second-order valence-corrected chi connectivity index (χ2v) is 4.74. The Morgan fingerprint density at radius 1 is 1.09 bits per heavy atom. The lowest BCUT2D eigenvalue weighted by molar-refractivity contribution is -0.130. The zero-order valence-corrected chi connectivity index (χ0v) is 11.6. The number of benzene rings is 2. The molecule has 0 fully saturated rings. The number of carbonyl (C=O) groups is 1. The summed E-state index contributed by atoms with van der Waals surface area (Å²) in [7, 11) is 0. The number of halogens is 1. The summed E-state index contributed by atoms with van der Waals surface area (Å²) < 4.78 is 24.6. The molecule has 0 bridgehead atoms. The molecule has 0 saturated heterocycles. The summed E-state index contributed by atoms with van der Waals surface area (Å²) in [5, 5.41) is 9.42. The standard InChI is InChI=1S/C17H13FO4/c18-14-4-2-1-3-12(14)9-13(17(19)20)11-5-6-15-16(10-11)22-8-7-21-15/h1-6,9-10H,7-8H2,(H,19,20)/b13-9-. The van der Waals surface area contributed by atoms with Crippen LogP contribution >= 0.6 is 0 Å². The zero-order valence-electron chi connectivity index (χ0n) is 11.6. The summed E-state index contributed by atoms with van der Waals surface area (Å²) in [6.45, 7) is 0.874. The van der Waals surface area contributed by atoms with Crippen molar-refractivity contribution >= 4 is 17.6 Å². The number of fused-ring (bicyclic) bond motifs is 1. The second-order valence-electron chi connectivity index (χ2n) is 4.74. The predicted octanol–water partition coefficient (Wildman–Crippen LogP) is 3.22. The van der Waals surface area contributed by atoms with Gasteiger partial charge in [0.2, 0.25) is 0 Å². The number of ether oxygens (including phenoxy) is 2. The van der Waals surface area contributed by atoms with E-state index in [2.05, 4.69) is 0 Å². The molecule has 1 aliphatic heterocycles. The quantitative estimate of drug-likeness (QED) is 0.698. The molecule has 0 spiro atoms. The van der Waals surface area contributed by atoms with E-state index < -0.39 is 11.8 Å². The van der Waals surface area contributed by atoms with E-state index in [0.717, 1.165) is 0 Å². The van der Waals surface area contributed by atoms with Gasteiger partial charge in [-0.05, 0) is 29.8 Å². The third kappa shape index (κ3) is 2.79. The number of carboxylic acid groups (broad SMARTS) is 1. The zero-order chi connectivity index (χ0) is 15.5. The van der Waals surface area contributed by atoms with Crippen LogP contribution in [0.5, 0.6) is 11.5 Å². The van der Waals surface area contributed by atoms with Gasteiger partial charge < -0.3 is 14.6 Å². The molecule has 1 N–H and O–H groups in total. The minimum absolute atomic E-state index is 0.0120. The molecule has 0 atom stereocenters. The van der Waals surface area contributed by atoms with Gasteiger partial charge in [-0.1, -0.05) is 24.3 Å². The van der Waals surface area contributed by atoms with Gasteiger partial charge in [-0.25, -0.2) is 9.18 Å². The van der Waals surface area contributed by atoms with E-state index in [0.29, 0.717) is 30.3 Å². The molecule has 0 unspecified atom stereocenters. The van der Waals surface area contributed by atoms with Crippen LogP contribution in [0.1, 0.15) is 11.1 Å². The fraction of sp³-hybridized carbons (Fsp3) is 0.118. The van der Waals surface area contributed by atoms with Gasteiger partial charge in [0.15, 0.2) is 11.5 Å². The molecule has 2 aromatic carbocycles. The van der Waals surface area contributed by atoms with E-state index in [1.807, 2.05) is 0 Å². The highest BCUT2D eigenvalue weighted by Gasteiger charge is 2.17. The maximum absolute atomic E-state index is 13.7. The molecule has 3 rings (SSSR count). The molecule has 0 saturated carbocycles. The Morgan fingerprint density at radius 3 is 2.55 bits per heavy atom. The Kier molecular flexibility index (Phi) is 3.78. The summed E-state index contributed by atoms with van der Waals surface area (Å²) in [5.41, 5.74) is 0.636. The molecule has 0 radical (unpaired) electrons. The lowest BCUT2D eigenvalue weighted by atomic mass is 10.0. The summed E-state index contributed by atoms with van der Waals surface area (Å²) in [4.78, 5) is 11.5. The molecule has 0 aromatic heterocycles. The molecule has 1 aliphatic rings. The highest BCUT2D eigenvalue weighted by atomic mass is 19.1. The van der Waals surface area contributed by atoms with Crippen molar-refractivity contribution in [3.05, 3.63) is 59.4 Å². The fourth-order valence-electron chi connectivity index (χ4n) is 2.23. The lowest BCUT2D eigenvalue weighted by Gasteiger charge is -2.19. The summed E-state index contributed by atoms with van der Waals surface area (Å²) in [6, 6.07) is 10.9. The average molecular weight is 300 g/mol. The third-order valence-corrected chi connectivity index (χ3v) is 3.29. The Balaban J connectivity index is 2.05. The van der Waals surface area contributed by atoms with Gasteiger partial charge >= 0.3 is 5.97 Å². The Labute approximate surface area is 126 Å². The molecule has 112 valence electrons. The topological polar surface area (TPSA) is 55.8 Å². The van der Waals surface area contributed by atoms with Crippen LogP contribution < -0.4 is 9.47 Å². The highest BCUT2D eigenvalue weighted by Crippen LogP contribution is 2.33. The largest absolute Gasteiger partial charge is 0.486 e. The Morgan fingerprint density at radius 2 is 1.82 bits per heavy atom. The van der Waals surface area contributed by atoms with Crippen molar-refractivity contribution in [1.82, 2.24) is 0 Å². The van der Waals surface area contributed by atoms with Gasteiger partial charge in [0.1, 0.15) is 19.0 Å². The SMILES string of the molecule is O=C(O)/C(=C\c1ccccc1F)c1ccc2c(c1)OCCO2. The first-order valence-electron chi connectivity index (χ1n) is 6.75. The maximum Gasteiger partial charge on any atom is 0.336 e. The van der Waals surface area contributed by atoms with Crippen molar-refractivity contribution in [2.45, 2.75) is 0 Å². The first-order valence-corrected chi connectivity index (χ1v) is 6.75. The van der Waals surface area contributed by atoms with Crippen LogP contribution in [-0.4, -0.2) is 24.3 Å². The number of hydrogen-bond donors (Lipinski definition) is 1. The first-order chi connectivity index (χ1) is 10.6. The number of rotatable bonds is 3. The number of hydrogen-bond acceptors (Lipinski definition) is 3. The van der Waals surface area contributed by atoms with Gasteiger partial charge in [-0.2, -0.15) is 0 Å². The van der Waals surface area contributed by atoms with E-state index in [1.165, 1.54) is 18.2 Å². The Bertz CT molecular complexity index is 752. The lowest BCUT2D eigenvalue weighted by Crippen LogP contribution is -2.15. The molecule has 0 amide bonds. The molecule has 5 heteroatoms. The Hall–Kier alpha value is -2.82. The van der Waals surface area contributed by atoms with Crippen LogP contribution in [0.2, 0.25) is 0 Å². The molecule has 22 heavy (non-hydrogen) atoms. The highest BCUT2D eigenvalue weighted by molar-refractivity contribution is 6.20. The summed E-state index contributed by atoms with van der Waals surface area (Å²) in [6.07, 6.45) is 1.31. The van der Waals surface area contributed by atoms with E-state index in [1.54, 1.807) is 30.3 Å². The van der Waals surface area contributed by atoms with Crippen molar-refractivity contribution in [2.75, 3.05) is 13.2 Å². The van der Waals surface area contributed by atoms with Crippen molar-refractivity contribution in [3.63, 3.8) is 0 Å². The molecular formula is C17H13FO4. The van der Waals surface area contributed by atoms with E-state index in [4.69, 9.17) is 9.47 Å². The van der Waals surface area contributed by atoms with Gasteiger partial charge in [0.25, 0.3) is 0 Å². The van der Waals surface area contributed by atoms with Crippen LogP contribution in [0.3, 0.4) is 0 Å². The fourth-order valence-corrected chi connectivity index (χ4v) is 2.23. The van der Waals surface area contributed by atoms with Crippen LogP contribution in [0.15, 0.2) is 42.5 Å². The van der Waals surface area contributed by atoms with Crippen LogP contribution in [0.25, 0.3) is 11.6 Å². The molecule has 2 aromatic rings. The van der Waals surface area contributed by atoms with E-state index in [9.17, 15) is 14.3 Å².